The van der Waals surface area contributed by atoms with Gasteiger partial charge in [-0.05, 0) is 43.2 Å². The second-order valence-corrected chi connectivity index (χ2v) is 8.70. The molecular formula is C20H21F2N3O4S. The maximum atomic E-state index is 13.2. The summed E-state index contributed by atoms with van der Waals surface area (Å²) in [6, 6.07) is 8.27. The van der Waals surface area contributed by atoms with Crippen molar-refractivity contribution in [2.45, 2.75) is 36.6 Å². The van der Waals surface area contributed by atoms with Gasteiger partial charge in [-0.2, -0.15) is 0 Å². The fourth-order valence-electron chi connectivity index (χ4n) is 3.18. The van der Waals surface area contributed by atoms with Gasteiger partial charge in [-0.1, -0.05) is 18.9 Å². The van der Waals surface area contributed by atoms with Crippen LogP contribution in [0, 0.1) is 11.6 Å². The molecule has 0 saturated heterocycles. The molecule has 0 bridgehead atoms. The average Bonchev–Trinajstić information content (AvgIpc) is 3.21. The van der Waals surface area contributed by atoms with Crippen molar-refractivity contribution >= 4 is 27.5 Å². The van der Waals surface area contributed by atoms with Gasteiger partial charge >= 0.3 is 0 Å². The molecule has 160 valence electrons. The molecule has 0 aliphatic heterocycles. The van der Waals surface area contributed by atoms with Crippen LogP contribution in [0.25, 0.3) is 0 Å². The Balaban J connectivity index is 1.59. The highest BCUT2D eigenvalue weighted by molar-refractivity contribution is 7.89. The van der Waals surface area contributed by atoms with Gasteiger partial charge in [-0.15, -0.1) is 0 Å². The molecule has 1 aliphatic rings. The van der Waals surface area contributed by atoms with E-state index in [1.165, 1.54) is 30.3 Å². The van der Waals surface area contributed by atoms with E-state index in [4.69, 9.17) is 0 Å². The Morgan fingerprint density at radius 2 is 1.73 bits per heavy atom. The number of sulfonamides is 1. The lowest BCUT2D eigenvalue weighted by atomic mass is 10.2. The summed E-state index contributed by atoms with van der Waals surface area (Å²) in [4.78, 5) is 24.2. The Bertz CT molecular complexity index is 1050. The fourth-order valence-corrected chi connectivity index (χ4v) is 4.53. The lowest BCUT2D eigenvalue weighted by Crippen LogP contribution is -2.34. The summed E-state index contributed by atoms with van der Waals surface area (Å²) < 4.78 is 53.8. The zero-order valence-corrected chi connectivity index (χ0v) is 16.8. The third kappa shape index (κ3) is 5.61. The number of benzene rings is 2. The fraction of sp³-hybridized carbons (Fsp3) is 0.300. The quantitative estimate of drug-likeness (QED) is 0.619. The zero-order valence-electron chi connectivity index (χ0n) is 16.0. The van der Waals surface area contributed by atoms with Crippen molar-refractivity contribution in [1.82, 2.24) is 10.0 Å². The molecule has 0 radical (unpaired) electrons. The highest BCUT2D eigenvalue weighted by atomic mass is 32.2. The lowest BCUT2D eigenvalue weighted by Gasteiger charge is -2.13. The van der Waals surface area contributed by atoms with Gasteiger partial charge in [0.15, 0.2) is 11.6 Å². The standard InChI is InChI=1S/C20H21F2N3O4S/c21-17-9-8-15(11-18(17)22)24-19(26)12-23-20(27)13-4-3-7-16(10-13)30(28,29)25-14-5-1-2-6-14/h3-4,7-11,14,25H,1-2,5-6,12H2,(H,23,27)(H,24,26). The largest absolute Gasteiger partial charge is 0.343 e. The number of hydrogen-bond acceptors (Lipinski definition) is 4. The van der Waals surface area contributed by atoms with Gasteiger partial charge in [0, 0.05) is 23.4 Å². The summed E-state index contributed by atoms with van der Waals surface area (Å²) in [5.41, 5.74) is 0.115. The van der Waals surface area contributed by atoms with Gasteiger partial charge < -0.3 is 10.6 Å². The molecule has 0 unspecified atom stereocenters. The van der Waals surface area contributed by atoms with Gasteiger partial charge in [0.1, 0.15) is 0 Å². The molecule has 2 amide bonds. The molecule has 0 spiro atoms. The highest BCUT2D eigenvalue weighted by Gasteiger charge is 2.23. The average molecular weight is 437 g/mol. The Hall–Kier alpha value is -2.85. The van der Waals surface area contributed by atoms with Crippen molar-refractivity contribution < 1.29 is 26.8 Å². The third-order valence-electron chi connectivity index (χ3n) is 4.70. The van der Waals surface area contributed by atoms with Gasteiger partial charge in [-0.25, -0.2) is 21.9 Å². The second kappa shape index (κ2) is 9.31. The SMILES string of the molecule is O=C(CNC(=O)c1cccc(S(=O)(=O)NC2CCCC2)c1)Nc1ccc(F)c(F)c1. The maximum absolute atomic E-state index is 13.2. The van der Waals surface area contributed by atoms with Crippen LogP contribution in [0.3, 0.4) is 0 Å². The minimum Gasteiger partial charge on any atom is -0.343 e. The van der Waals surface area contributed by atoms with Crippen molar-refractivity contribution in [2.24, 2.45) is 0 Å². The normalized spacial score (nSPS) is 14.5. The molecule has 1 saturated carbocycles. The van der Waals surface area contributed by atoms with E-state index in [1.54, 1.807) is 0 Å². The number of rotatable bonds is 7. The Kier molecular flexibility index (Phi) is 6.78. The van der Waals surface area contributed by atoms with Crippen molar-refractivity contribution in [3.63, 3.8) is 0 Å². The first-order chi connectivity index (χ1) is 14.2. The van der Waals surface area contributed by atoms with Crippen LogP contribution in [0.2, 0.25) is 0 Å². The number of nitrogens with one attached hydrogen (secondary N) is 3. The number of anilines is 1. The first-order valence-electron chi connectivity index (χ1n) is 9.40. The lowest BCUT2D eigenvalue weighted by molar-refractivity contribution is -0.115. The predicted octanol–water partition coefficient (Wildman–Crippen LogP) is 2.55. The Morgan fingerprint density at radius 3 is 2.43 bits per heavy atom. The molecule has 10 heteroatoms. The van der Waals surface area contributed by atoms with Crippen LogP contribution in [0.4, 0.5) is 14.5 Å². The van der Waals surface area contributed by atoms with Crippen LogP contribution in [0.1, 0.15) is 36.0 Å². The molecule has 2 aromatic rings. The number of amides is 2. The minimum atomic E-state index is -3.75. The third-order valence-corrected chi connectivity index (χ3v) is 6.21. The topological polar surface area (TPSA) is 104 Å². The van der Waals surface area contributed by atoms with Crippen LogP contribution < -0.4 is 15.4 Å². The van der Waals surface area contributed by atoms with Gasteiger partial charge in [0.05, 0.1) is 11.4 Å². The molecular weight excluding hydrogens is 416 g/mol. The molecule has 1 fully saturated rings. The summed E-state index contributed by atoms with van der Waals surface area (Å²) in [5, 5.41) is 4.69. The number of halogens is 2. The van der Waals surface area contributed by atoms with E-state index in [-0.39, 0.29) is 22.2 Å². The first kappa shape index (κ1) is 21.8. The summed E-state index contributed by atoms with van der Waals surface area (Å²) in [6.07, 6.45) is 3.52. The number of carbonyl (C=O) groups excluding carboxylic acids is 2. The zero-order chi connectivity index (χ0) is 21.7. The van der Waals surface area contributed by atoms with E-state index in [9.17, 15) is 26.8 Å². The summed E-state index contributed by atoms with van der Waals surface area (Å²) in [5.74, 6) is -3.45. The summed E-state index contributed by atoms with van der Waals surface area (Å²) >= 11 is 0. The molecule has 7 nitrogen and oxygen atoms in total. The van der Waals surface area contributed by atoms with Crippen molar-refractivity contribution in [3.05, 3.63) is 59.7 Å². The van der Waals surface area contributed by atoms with Crippen LogP contribution in [-0.4, -0.2) is 32.8 Å². The molecule has 0 aromatic heterocycles. The molecule has 3 rings (SSSR count). The van der Waals surface area contributed by atoms with E-state index < -0.39 is 40.0 Å². The van der Waals surface area contributed by atoms with Crippen LogP contribution >= 0.6 is 0 Å². The number of carbonyl (C=O) groups is 2. The van der Waals surface area contributed by atoms with E-state index in [1.807, 2.05) is 0 Å². The van der Waals surface area contributed by atoms with Crippen molar-refractivity contribution in [3.8, 4) is 0 Å². The van der Waals surface area contributed by atoms with E-state index in [0.29, 0.717) is 0 Å². The smallest absolute Gasteiger partial charge is 0.251 e. The molecule has 1 aliphatic carbocycles. The van der Waals surface area contributed by atoms with Gasteiger partial charge in [0.2, 0.25) is 15.9 Å². The van der Waals surface area contributed by atoms with Gasteiger partial charge in [-0.3, -0.25) is 9.59 Å². The number of hydrogen-bond donors (Lipinski definition) is 3. The van der Waals surface area contributed by atoms with Crippen molar-refractivity contribution in [2.75, 3.05) is 11.9 Å². The minimum absolute atomic E-state index is 0.0340. The van der Waals surface area contributed by atoms with Crippen LogP contribution in [-0.2, 0) is 14.8 Å². The summed E-state index contributed by atoms with van der Waals surface area (Å²) in [7, 11) is -3.75. The maximum Gasteiger partial charge on any atom is 0.251 e. The van der Waals surface area contributed by atoms with Crippen molar-refractivity contribution in [1.29, 1.82) is 0 Å². The summed E-state index contributed by atoms with van der Waals surface area (Å²) in [6.45, 7) is -0.435. The highest BCUT2D eigenvalue weighted by Crippen LogP contribution is 2.21. The monoisotopic (exact) mass is 437 g/mol. The van der Waals surface area contributed by atoms with Gasteiger partial charge in [0.25, 0.3) is 5.91 Å². The molecule has 0 atom stereocenters. The Labute approximate surface area is 172 Å². The van der Waals surface area contributed by atoms with Crippen LogP contribution in [0.15, 0.2) is 47.4 Å². The first-order valence-corrected chi connectivity index (χ1v) is 10.9. The second-order valence-electron chi connectivity index (χ2n) is 6.99. The molecule has 2 aromatic carbocycles. The van der Waals surface area contributed by atoms with E-state index >= 15 is 0 Å². The molecule has 0 heterocycles. The Morgan fingerprint density at radius 1 is 1.00 bits per heavy atom. The van der Waals surface area contributed by atoms with E-state index in [2.05, 4.69) is 15.4 Å². The van der Waals surface area contributed by atoms with E-state index in [0.717, 1.165) is 37.8 Å². The predicted molar refractivity (Wildman–Crippen MR) is 106 cm³/mol. The van der Waals surface area contributed by atoms with Crippen LogP contribution in [0.5, 0.6) is 0 Å². The molecule has 3 N–H and O–H groups in total. The molecule has 30 heavy (non-hydrogen) atoms.